The normalized spacial score (nSPS) is 20.6. The number of benzene rings is 2. The molecule has 1 saturated heterocycles. The van der Waals surface area contributed by atoms with Gasteiger partial charge in [-0.25, -0.2) is 9.97 Å². The quantitative estimate of drug-likeness (QED) is 0.369. The summed E-state index contributed by atoms with van der Waals surface area (Å²) in [5.41, 5.74) is 10.7. The molecule has 1 aliphatic heterocycles. The second-order valence-corrected chi connectivity index (χ2v) is 11.8. The van der Waals surface area contributed by atoms with E-state index >= 15 is 0 Å². The number of hydrogen-bond donors (Lipinski definition) is 3. The molecule has 2 aromatic heterocycles. The SMILES string of the molecule is COc1cc([P@]2(=O)CC[C@@H](N)CC2)ccc1Nc1ncc(C)c(-c2c[nH]c3ccccc23)n1. The molecule has 0 bridgehead atoms. The number of nitrogens with zero attached hydrogens (tertiary/aromatic N) is 2. The van der Waals surface area contributed by atoms with E-state index in [0.717, 1.165) is 51.6 Å². The van der Waals surface area contributed by atoms with E-state index in [1.54, 1.807) is 7.11 Å². The largest absolute Gasteiger partial charge is 0.495 e. The smallest absolute Gasteiger partial charge is 0.227 e. The van der Waals surface area contributed by atoms with Crippen LogP contribution in [0.4, 0.5) is 11.6 Å². The Bertz CT molecular complexity index is 1350. The number of nitrogens with two attached hydrogens (primary N) is 1. The molecule has 5 rings (SSSR count). The summed E-state index contributed by atoms with van der Waals surface area (Å²) in [4.78, 5) is 12.6. The van der Waals surface area contributed by atoms with E-state index in [1.165, 1.54) is 0 Å². The highest BCUT2D eigenvalue weighted by Crippen LogP contribution is 2.50. The van der Waals surface area contributed by atoms with Crippen molar-refractivity contribution in [3.05, 3.63) is 60.4 Å². The Morgan fingerprint density at radius 3 is 2.76 bits per heavy atom. The van der Waals surface area contributed by atoms with Crippen LogP contribution in [0.15, 0.2) is 54.9 Å². The van der Waals surface area contributed by atoms with Crippen molar-refractivity contribution in [1.29, 1.82) is 0 Å². The monoisotopic (exact) mass is 461 g/mol. The lowest BCUT2D eigenvalue weighted by Crippen LogP contribution is -2.29. The Labute approximate surface area is 193 Å². The first-order chi connectivity index (χ1) is 16.0. The molecule has 170 valence electrons. The highest BCUT2D eigenvalue weighted by molar-refractivity contribution is 7.71. The standard InChI is InChI=1S/C25H28N5O2P/c1-16-14-28-25(30-24(16)20-15-27-21-6-4-3-5-19(20)21)29-22-8-7-18(13-23(22)32-2)33(31)11-9-17(26)10-12-33/h3-8,13-15,17,27H,9-12,26H2,1-2H3,(H,28,29,30)/t17-,33+. The molecule has 0 atom stereocenters. The molecule has 1 aliphatic rings. The maximum atomic E-state index is 13.5. The molecule has 3 heterocycles. The number of hydrogen-bond acceptors (Lipinski definition) is 6. The summed E-state index contributed by atoms with van der Waals surface area (Å²) in [5.74, 6) is 1.10. The van der Waals surface area contributed by atoms with Gasteiger partial charge in [-0.1, -0.05) is 18.2 Å². The molecule has 4 N–H and O–H groups in total. The molecular formula is C25H28N5O2P. The third kappa shape index (κ3) is 4.14. The van der Waals surface area contributed by atoms with Gasteiger partial charge in [0.1, 0.15) is 12.9 Å². The summed E-state index contributed by atoms with van der Waals surface area (Å²) >= 11 is 0. The van der Waals surface area contributed by atoms with Gasteiger partial charge < -0.3 is 25.3 Å². The van der Waals surface area contributed by atoms with E-state index in [4.69, 9.17) is 15.5 Å². The van der Waals surface area contributed by atoms with E-state index in [9.17, 15) is 4.57 Å². The first-order valence-corrected chi connectivity index (χ1v) is 13.2. The fourth-order valence-corrected chi connectivity index (χ4v) is 7.40. The molecule has 2 aromatic carbocycles. The van der Waals surface area contributed by atoms with Gasteiger partial charge in [0.15, 0.2) is 0 Å². The van der Waals surface area contributed by atoms with Crippen molar-refractivity contribution in [2.24, 2.45) is 5.73 Å². The van der Waals surface area contributed by atoms with Crippen LogP contribution in [0.5, 0.6) is 5.75 Å². The molecule has 0 saturated carbocycles. The predicted octanol–water partition coefficient (Wildman–Crippen LogP) is 4.80. The number of aryl methyl sites for hydroxylation is 1. The van der Waals surface area contributed by atoms with Gasteiger partial charge in [0.05, 0.1) is 18.5 Å². The summed E-state index contributed by atoms with van der Waals surface area (Å²) in [6.45, 7) is 2.00. The molecule has 0 spiro atoms. The average molecular weight is 462 g/mol. The van der Waals surface area contributed by atoms with Crippen LogP contribution >= 0.6 is 7.14 Å². The lowest BCUT2D eigenvalue weighted by molar-refractivity contribution is 0.417. The number of aromatic amines is 1. The van der Waals surface area contributed by atoms with Crippen LogP contribution in [0.2, 0.25) is 0 Å². The first-order valence-electron chi connectivity index (χ1n) is 11.2. The minimum atomic E-state index is -2.44. The van der Waals surface area contributed by atoms with Gasteiger partial charge in [0.25, 0.3) is 0 Å². The van der Waals surface area contributed by atoms with Crippen LogP contribution in [0.3, 0.4) is 0 Å². The Kier molecular flexibility index (Phi) is 5.69. The fourth-order valence-electron chi connectivity index (χ4n) is 4.46. The van der Waals surface area contributed by atoms with Gasteiger partial charge in [-0.05, 0) is 49.6 Å². The van der Waals surface area contributed by atoms with Gasteiger partial charge >= 0.3 is 0 Å². The Hall–Kier alpha value is -3.15. The molecule has 8 heteroatoms. The van der Waals surface area contributed by atoms with E-state index < -0.39 is 7.14 Å². The zero-order valence-corrected chi connectivity index (χ0v) is 19.7. The lowest BCUT2D eigenvalue weighted by atomic mass is 10.1. The van der Waals surface area contributed by atoms with Crippen molar-refractivity contribution in [3.63, 3.8) is 0 Å². The fraction of sp³-hybridized carbons (Fsp3) is 0.280. The number of H-pyrrole nitrogens is 1. The van der Waals surface area contributed by atoms with E-state index in [0.29, 0.717) is 24.0 Å². The second kappa shape index (κ2) is 8.65. The number of para-hydroxylation sites is 1. The zero-order chi connectivity index (χ0) is 23.0. The number of rotatable bonds is 5. The molecule has 33 heavy (non-hydrogen) atoms. The molecule has 0 aliphatic carbocycles. The summed E-state index contributed by atoms with van der Waals surface area (Å²) in [7, 11) is -0.823. The van der Waals surface area contributed by atoms with Crippen molar-refractivity contribution in [2.75, 3.05) is 24.8 Å². The van der Waals surface area contributed by atoms with E-state index in [-0.39, 0.29) is 6.04 Å². The second-order valence-electron chi connectivity index (χ2n) is 8.66. The van der Waals surface area contributed by atoms with Crippen LogP contribution in [0, 0.1) is 6.92 Å². The summed E-state index contributed by atoms with van der Waals surface area (Å²) in [5, 5.41) is 5.25. The third-order valence-electron chi connectivity index (χ3n) is 6.44. The molecular weight excluding hydrogens is 433 g/mol. The Morgan fingerprint density at radius 2 is 1.97 bits per heavy atom. The molecule has 0 unspecified atom stereocenters. The minimum Gasteiger partial charge on any atom is -0.495 e. The van der Waals surface area contributed by atoms with E-state index in [2.05, 4.69) is 21.4 Å². The van der Waals surface area contributed by atoms with Gasteiger partial charge in [-0.15, -0.1) is 0 Å². The molecule has 7 nitrogen and oxygen atoms in total. The van der Waals surface area contributed by atoms with Crippen LogP contribution in [-0.4, -0.2) is 40.4 Å². The Balaban J connectivity index is 1.46. The average Bonchev–Trinajstić information content (AvgIpc) is 3.26. The first kappa shape index (κ1) is 21.7. The van der Waals surface area contributed by atoms with E-state index in [1.807, 2.05) is 55.7 Å². The number of methoxy groups -OCH3 is 1. The maximum Gasteiger partial charge on any atom is 0.227 e. The van der Waals surface area contributed by atoms with Crippen molar-refractivity contribution in [2.45, 2.75) is 25.8 Å². The maximum absolute atomic E-state index is 13.5. The number of fused-ring (bicyclic) bond motifs is 1. The molecule has 1 fully saturated rings. The molecule has 0 radical (unpaired) electrons. The van der Waals surface area contributed by atoms with Crippen LogP contribution in [-0.2, 0) is 4.57 Å². The van der Waals surface area contributed by atoms with Gasteiger partial charge in [-0.3, -0.25) is 0 Å². The van der Waals surface area contributed by atoms with Crippen molar-refractivity contribution in [3.8, 4) is 17.0 Å². The highest BCUT2D eigenvalue weighted by atomic mass is 31.2. The molecule has 4 aromatic rings. The van der Waals surface area contributed by atoms with Crippen LogP contribution < -0.4 is 21.1 Å². The van der Waals surface area contributed by atoms with Gasteiger partial charge in [0.2, 0.25) is 5.95 Å². The summed E-state index contributed by atoms with van der Waals surface area (Å²) < 4.78 is 19.1. The van der Waals surface area contributed by atoms with Crippen LogP contribution in [0.25, 0.3) is 22.2 Å². The van der Waals surface area contributed by atoms with Gasteiger partial charge in [0, 0.05) is 52.5 Å². The number of nitrogens with one attached hydrogen (secondary N) is 2. The number of ether oxygens (including phenoxy) is 1. The number of aromatic nitrogens is 3. The van der Waals surface area contributed by atoms with Crippen molar-refractivity contribution >= 4 is 35.0 Å². The number of anilines is 2. The minimum absolute atomic E-state index is 0.153. The zero-order valence-electron chi connectivity index (χ0n) is 18.8. The van der Waals surface area contributed by atoms with Crippen molar-refractivity contribution < 1.29 is 9.30 Å². The predicted molar refractivity (Wildman–Crippen MR) is 135 cm³/mol. The lowest BCUT2D eigenvalue weighted by Gasteiger charge is -2.27. The van der Waals surface area contributed by atoms with Crippen LogP contribution in [0.1, 0.15) is 18.4 Å². The third-order valence-corrected chi connectivity index (χ3v) is 9.62. The Morgan fingerprint density at radius 1 is 1.18 bits per heavy atom. The summed E-state index contributed by atoms with van der Waals surface area (Å²) in [6, 6.07) is 14.0. The van der Waals surface area contributed by atoms with Crippen molar-refractivity contribution in [1.82, 2.24) is 15.0 Å². The highest BCUT2D eigenvalue weighted by Gasteiger charge is 2.30. The van der Waals surface area contributed by atoms with Gasteiger partial charge in [-0.2, -0.15) is 0 Å². The summed E-state index contributed by atoms with van der Waals surface area (Å²) in [6.07, 6.45) is 6.70. The molecule has 0 amide bonds. The topological polar surface area (TPSA) is 106 Å².